The van der Waals surface area contributed by atoms with Gasteiger partial charge < -0.3 is 29.4 Å². The van der Waals surface area contributed by atoms with Crippen molar-refractivity contribution in [2.24, 2.45) is 0 Å². The van der Waals surface area contributed by atoms with E-state index >= 15 is 0 Å². The fourth-order valence-corrected chi connectivity index (χ4v) is 14.1. The molecule has 4 aromatic carbocycles. The van der Waals surface area contributed by atoms with Crippen LogP contribution in [0.2, 0.25) is 0 Å². The summed E-state index contributed by atoms with van der Waals surface area (Å²) < 4.78 is 72.1. The summed E-state index contributed by atoms with van der Waals surface area (Å²) in [4.78, 5) is 39.8. The number of anilines is 2. The molecule has 2 saturated carbocycles. The highest BCUT2D eigenvalue weighted by Crippen LogP contribution is 2.53. The second kappa shape index (κ2) is 25.9. The minimum absolute atomic E-state index is 0. The second-order valence-electron chi connectivity index (χ2n) is 23.6. The summed E-state index contributed by atoms with van der Waals surface area (Å²) in [7, 11) is -3.69. The van der Waals surface area contributed by atoms with Crippen molar-refractivity contribution in [1.29, 1.82) is 0 Å². The Kier molecular flexibility index (Phi) is 19.7. The fourth-order valence-electron chi connectivity index (χ4n) is 12.1. The first-order valence-corrected chi connectivity index (χ1v) is 33.1. The number of carbonyl (C=O) groups is 2. The van der Waals surface area contributed by atoms with Crippen molar-refractivity contribution < 1.29 is 45.2 Å². The minimum atomic E-state index is -3.24. The van der Waals surface area contributed by atoms with Crippen molar-refractivity contribution in [1.82, 2.24) is 20.6 Å². The van der Waals surface area contributed by atoms with Crippen LogP contribution in [0.1, 0.15) is 134 Å². The quantitative estimate of drug-likeness (QED) is 0.110. The van der Waals surface area contributed by atoms with E-state index in [9.17, 15) is 26.4 Å². The molecule has 0 bridgehead atoms. The first-order valence-electron chi connectivity index (χ1n) is 29.0. The molecule has 5 aliphatic rings. The van der Waals surface area contributed by atoms with Gasteiger partial charge in [-0.05, 0) is 171 Å². The molecule has 20 heteroatoms. The molecule has 2 aromatic heterocycles. The zero-order valence-electron chi connectivity index (χ0n) is 49.9. The number of nitrogens with one attached hydrogen (secondary N) is 2. The standard InChI is InChI=1S/C29H33N3O4S.C28H37BN2O5S.C7H8BrNO.CH4/c1-4-37(34,35)23-10-7-21(8-11-23)18-30-28(33)32-19-29(15-5-6-16-29)25-17-22(9-13-26(25)32)24-12-14-27(36-3)31-20(24)2;1-6-37(33,34)22-12-9-20(10-13-22)18-30-25(32)31-19-28(15-7-8-16-28)23-17-21(11-14-24(23)31)29-35-26(2,3)27(4,5)36-29;1-5-6(8)3-4-7(9-5)10-2;/h7-14,17H,4-6,15-16,18-19H2,1-3H3,(H,30,33);9-14,17H,6-8,15-16,18-19H2,1-5H3,(H,30,32);3-4H,1-2H3;1H4. The van der Waals surface area contributed by atoms with E-state index in [1.54, 1.807) is 76.6 Å². The summed E-state index contributed by atoms with van der Waals surface area (Å²) in [5.41, 5.74) is 10.2. The number of benzene rings is 4. The number of aryl methyl sites for hydroxylation is 2. The molecule has 85 heavy (non-hydrogen) atoms. The minimum Gasteiger partial charge on any atom is -0.481 e. The van der Waals surface area contributed by atoms with Gasteiger partial charge in [0, 0.05) is 76.2 Å². The van der Waals surface area contributed by atoms with Gasteiger partial charge in [0.15, 0.2) is 19.7 Å². The Morgan fingerprint density at radius 2 is 1.02 bits per heavy atom. The molecule has 454 valence electrons. The van der Waals surface area contributed by atoms with Crippen LogP contribution in [0.15, 0.2) is 123 Å². The van der Waals surface area contributed by atoms with Gasteiger partial charge in [-0.2, -0.15) is 0 Å². The highest BCUT2D eigenvalue weighted by molar-refractivity contribution is 9.10. The largest absolute Gasteiger partial charge is 0.494 e. The number of carbonyl (C=O) groups excluding carboxylic acids is 2. The van der Waals surface area contributed by atoms with E-state index in [0.717, 1.165) is 106 Å². The molecular formula is C65H82BBrN6O10S2. The van der Waals surface area contributed by atoms with Crippen molar-refractivity contribution in [3.8, 4) is 22.9 Å². The molecule has 1 saturated heterocycles. The average Bonchev–Trinajstić information content (AvgIpc) is 1.80. The summed E-state index contributed by atoms with van der Waals surface area (Å²) in [6, 6.07) is 33.5. The van der Waals surface area contributed by atoms with Crippen molar-refractivity contribution in [2.75, 3.05) is 48.6 Å². The van der Waals surface area contributed by atoms with Crippen LogP contribution in [0, 0.1) is 13.8 Å². The third kappa shape index (κ3) is 13.6. The molecule has 2 spiro atoms. The van der Waals surface area contributed by atoms with Crippen LogP contribution >= 0.6 is 15.9 Å². The smallest absolute Gasteiger partial charge is 0.481 e. The first-order chi connectivity index (χ1) is 39.9. The van der Waals surface area contributed by atoms with Gasteiger partial charge in [0.05, 0.1) is 52.4 Å². The van der Waals surface area contributed by atoms with Gasteiger partial charge in [0.25, 0.3) is 0 Å². The van der Waals surface area contributed by atoms with E-state index in [2.05, 4.69) is 88.5 Å². The summed E-state index contributed by atoms with van der Waals surface area (Å²) in [5.74, 6) is 1.38. The Morgan fingerprint density at radius 1 is 0.600 bits per heavy atom. The monoisotopic (exact) mass is 1260 g/mol. The third-order valence-electron chi connectivity index (χ3n) is 17.8. The number of ether oxygens (including phenoxy) is 2. The zero-order chi connectivity index (χ0) is 60.4. The molecule has 0 radical (unpaired) electrons. The van der Waals surface area contributed by atoms with Gasteiger partial charge in [-0.1, -0.05) is 89.4 Å². The van der Waals surface area contributed by atoms with E-state index in [1.165, 1.54) is 11.1 Å². The lowest BCUT2D eigenvalue weighted by Gasteiger charge is -2.32. The number of sulfone groups is 2. The van der Waals surface area contributed by atoms with Crippen LogP contribution in [-0.2, 0) is 52.9 Å². The van der Waals surface area contributed by atoms with Gasteiger partial charge in [-0.25, -0.2) is 36.4 Å². The number of pyridine rings is 2. The van der Waals surface area contributed by atoms with E-state index in [1.807, 2.05) is 60.0 Å². The molecule has 2 aliphatic carbocycles. The van der Waals surface area contributed by atoms with Crippen molar-refractivity contribution in [2.45, 2.75) is 159 Å². The summed E-state index contributed by atoms with van der Waals surface area (Å²) in [6.45, 7) is 17.4. The SMILES string of the molecule is C.CCS(=O)(=O)c1ccc(CNC(=O)N2CC3(CCCC3)c3cc(-c4ccc(OC)nc4C)ccc32)cc1.CCS(=O)(=O)c1ccc(CNC(=O)N2CC3(CCCC3)c3cc(B4OC(C)(C)C(C)(C)O4)ccc32)cc1.COc1ccc(Br)c(C)n1. The predicted molar refractivity (Wildman–Crippen MR) is 341 cm³/mol. The molecule has 5 heterocycles. The van der Waals surface area contributed by atoms with Crippen LogP contribution in [-0.4, -0.2) is 96.0 Å². The van der Waals surface area contributed by atoms with Crippen molar-refractivity contribution in [3.63, 3.8) is 0 Å². The Labute approximate surface area is 512 Å². The molecule has 6 aromatic rings. The Bertz CT molecular complexity index is 3610. The molecule has 0 atom stereocenters. The van der Waals surface area contributed by atoms with Gasteiger partial charge >= 0.3 is 19.2 Å². The topological polar surface area (TPSA) is 196 Å². The first kappa shape index (κ1) is 64.7. The molecule has 2 N–H and O–H groups in total. The third-order valence-corrected chi connectivity index (χ3v) is 22.1. The average molecular weight is 1260 g/mol. The van der Waals surface area contributed by atoms with E-state index in [0.29, 0.717) is 47.7 Å². The Hall–Kier alpha value is -6.32. The zero-order valence-corrected chi connectivity index (χ0v) is 53.2. The number of methoxy groups -OCH3 is 2. The van der Waals surface area contributed by atoms with Crippen LogP contribution in [0.25, 0.3) is 11.1 Å². The van der Waals surface area contributed by atoms with E-state index < -0.39 is 38.0 Å². The molecule has 16 nitrogen and oxygen atoms in total. The molecule has 4 amide bonds. The maximum Gasteiger partial charge on any atom is 0.494 e. The number of halogens is 1. The highest BCUT2D eigenvalue weighted by Gasteiger charge is 2.53. The number of amides is 4. The van der Waals surface area contributed by atoms with Crippen LogP contribution in [0.4, 0.5) is 21.0 Å². The maximum atomic E-state index is 13.4. The van der Waals surface area contributed by atoms with Gasteiger partial charge in [-0.3, -0.25) is 9.80 Å². The molecule has 3 fully saturated rings. The van der Waals surface area contributed by atoms with E-state index in [-0.39, 0.29) is 41.8 Å². The van der Waals surface area contributed by atoms with Gasteiger partial charge in [0.1, 0.15) is 0 Å². The lowest BCUT2D eigenvalue weighted by Crippen LogP contribution is -2.41. The van der Waals surface area contributed by atoms with Crippen LogP contribution in [0.5, 0.6) is 11.8 Å². The van der Waals surface area contributed by atoms with E-state index in [4.69, 9.17) is 18.8 Å². The number of nitrogens with zero attached hydrogens (tertiary/aromatic N) is 4. The number of hydrogen-bond acceptors (Lipinski definition) is 12. The molecule has 0 unspecified atom stereocenters. The Balaban J connectivity index is 0.000000188. The predicted octanol–water partition coefficient (Wildman–Crippen LogP) is 12.5. The van der Waals surface area contributed by atoms with Crippen LogP contribution < -0.4 is 35.4 Å². The Morgan fingerprint density at radius 3 is 1.45 bits per heavy atom. The summed E-state index contributed by atoms with van der Waals surface area (Å²) >= 11 is 3.34. The number of urea groups is 2. The van der Waals surface area contributed by atoms with Gasteiger partial charge in [-0.15, -0.1) is 0 Å². The summed E-state index contributed by atoms with van der Waals surface area (Å²) in [5, 5.41) is 6.08. The number of hydrogen-bond donors (Lipinski definition) is 2. The normalized spacial score (nSPS) is 17.5. The molecule has 3 aliphatic heterocycles. The number of fused-ring (bicyclic) bond motifs is 4. The van der Waals surface area contributed by atoms with Crippen molar-refractivity contribution >= 4 is 71.6 Å². The molecule has 11 rings (SSSR count). The lowest BCUT2D eigenvalue weighted by molar-refractivity contribution is 0.00578. The van der Waals surface area contributed by atoms with Crippen LogP contribution in [0.3, 0.4) is 0 Å². The number of aromatic nitrogens is 2. The lowest BCUT2D eigenvalue weighted by atomic mass is 9.74. The van der Waals surface area contributed by atoms with Crippen molar-refractivity contribution in [3.05, 3.63) is 147 Å². The summed E-state index contributed by atoms with van der Waals surface area (Å²) in [6.07, 6.45) is 8.89. The fraction of sp³-hybridized carbons (Fsp3) is 0.446. The molecular weight excluding hydrogens is 1180 g/mol. The van der Waals surface area contributed by atoms with Gasteiger partial charge in [0.2, 0.25) is 11.8 Å². The number of rotatable bonds is 12. The maximum absolute atomic E-state index is 13.4. The second-order valence-corrected chi connectivity index (χ2v) is 29.0. The highest BCUT2D eigenvalue weighted by atomic mass is 79.9.